The van der Waals surface area contributed by atoms with Crippen LogP contribution in [-0.2, 0) is 11.2 Å². The molecule has 0 N–H and O–H groups in total. The molecule has 0 aliphatic carbocycles. The maximum atomic E-state index is 12.2. The van der Waals surface area contributed by atoms with Gasteiger partial charge in [-0.1, -0.05) is 19.1 Å². The minimum atomic E-state index is 0.296. The highest BCUT2D eigenvalue weighted by atomic mass is 16.5. The molecule has 1 amide bonds. The molecule has 1 aliphatic heterocycles. The number of aryl methyl sites for hydroxylation is 2. The zero-order valence-corrected chi connectivity index (χ0v) is 12.8. The summed E-state index contributed by atoms with van der Waals surface area (Å²) in [5.74, 6) is 1.85. The molecule has 20 heavy (non-hydrogen) atoms. The summed E-state index contributed by atoms with van der Waals surface area (Å²) in [7, 11) is 1.68. The van der Waals surface area contributed by atoms with E-state index in [9.17, 15) is 4.79 Å². The Kier molecular flexibility index (Phi) is 5.05. The van der Waals surface area contributed by atoms with Crippen LogP contribution >= 0.6 is 0 Å². The number of carbonyl (C=O) groups is 1. The highest BCUT2D eigenvalue weighted by Crippen LogP contribution is 2.20. The number of hydrogen-bond donors (Lipinski definition) is 0. The number of carbonyl (C=O) groups excluding carboxylic acids is 1. The number of benzene rings is 1. The van der Waals surface area contributed by atoms with Crippen LogP contribution in [0.5, 0.6) is 5.75 Å². The molecular weight excluding hydrogens is 250 g/mol. The Labute approximate surface area is 121 Å². The van der Waals surface area contributed by atoms with Crippen molar-refractivity contribution in [1.82, 2.24) is 4.90 Å². The van der Waals surface area contributed by atoms with Crippen molar-refractivity contribution in [1.29, 1.82) is 0 Å². The van der Waals surface area contributed by atoms with Crippen molar-refractivity contribution in [3.05, 3.63) is 29.3 Å². The lowest BCUT2D eigenvalue weighted by molar-refractivity contribution is -0.132. The predicted molar refractivity (Wildman–Crippen MR) is 81.0 cm³/mol. The Morgan fingerprint density at radius 2 is 2.25 bits per heavy atom. The molecule has 0 saturated carbocycles. The number of amides is 1. The summed E-state index contributed by atoms with van der Waals surface area (Å²) >= 11 is 0. The maximum absolute atomic E-state index is 12.2. The Balaban J connectivity index is 1.88. The molecule has 0 spiro atoms. The third kappa shape index (κ3) is 3.75. The third-order valence-corrected chi connectivity index (χ3v) is 4.10. The Bertz CT molecular complexity index is 470. The largest absolute Gasteiger partial charge is 0.496 e. The molecule has 110 valence electrons. The SMILES string of the molecule is COc1ccc(CCC(=O)N2CCCC(C)C2)cc1C. The first-order valence-electron chi connectivity index (χ1n) is 7.51. The lowest BCUT2D eigenvalue weighted by Crippen LogP contribution is -2.39. The summed E-state index contributed by atoms with van der Waals surface area (Å²) in [5, 5.41) is 0. The fourth-order valence-electron chi connectivity index (χ4n) is 2.92. The van der Waals surface area contributed by atoms with Crippen LogP contribution in [0.25, 0.3) is 0 Å². The van der Waals surface area contributed by atoms with E-state index in [4.69, 9.17) is 4.74 Å². The highest BCUT2D eigenvalue weighted by Gasteiger charge is 2.20. The number of ether oxygens (including phenoxy) is 1. The van der Waals surface area contributed by atoms with Crippen LogP contribution in [0.2, 0.25) is 0 Å². The maximum Gasteiger partial charge on any atom is 0.222 e. The van der Waals surface area contributed by atoms with Gasteiger partial charge < -0.3 is 9.64 Å². The molecule has 1 fully saturated rings. The molecule has 1 atom stereocenters. The molecule has 2 rings (SSSR count). The molecule has 0 aromatic heterocycles. The van der Waals surface area contributed by atoms with Gasteiger partial charge in [-0.25, -0.2) is 0 Å². The monoisotopic (exact) mass is 275 g/mol. The highest BCUT2D eigenvalue weighted by molar-refractivity contribution is 5.76. The van der Waals surface area contributed by atoms with E-state index in [0.717, 1.165) is 37.2 Å². The van der Waals surface area contributed by atoms with E-state index in [1.165, 1.54) is 12.0 Å². The topological polar surface area (TPSA) is 29.5 Å². The Morgan fingerprint density at radius 3 is 2.90 bits per heavy atom. The number of methoxy groups -OCH3 is 1. The lowest BCUT2D eigenvalue weighted by atomic mass is 9.99. The van der Waals surface area contributed by atoms with E-state index in [-0.39, 0.29) is 0 Å². The van der Waals surface area contributed by atoms with Gasteiger partial charge in [0.2, 0.25) is 5.91 Å². The first-order valence-corrected chi connectivity index (χ1v) is 7.51. The van der Waals surface area contributed by atoms with E-state index >= 15 is 0 Å². The Hall–Kier alpha value is -1.51. The molecule has 3 heteroatoms. The van der Waals surface area contributed by atoms with Gasteiger partial charge in [0.25, 0.3) is 0 Å². The fourth-order valence-corrected chi connectivity index (χ4v) is 2.92. The molecule has 0 bridgehead atoms. The molecule has 1 aromatic rings. The first kappa shape index (κ1) is 14.9. The second-order valence-corrected chi connectivity index (χ2v) is 5.89. The van der Waals surface area contributed by atoms with Crippen molar-refractivity contribution in [3.63, 3.8) is 0 Å². The van der Waals surface area contributed by atoms with Crippen LogP contribution in [0.15, 0.2) is 18.2 Å². The molecule has 1 unspecified atom stereocenters. The average molecular weight is 275 g/mol. The quantitative estimate of drug-likeness (QED) is 0.844. The second-order valence-electron chi connectivity index (χ2n) is 5.89. The minimum Gasteiger partial charge on any atom is -0.496 e. The lowest BCUT2D eigenvalue weighted by Gasteiger charge is -2.31. The zero-order valence-electron chi connectivity index (χ0n) is 12.8. The molecule has 1 aromatic carbocycles. The van der Waals surface area contributed by atoms with Crippen molar-refractivity contribution in [2.45, 2.75) is 39.5 Å². The summed E-state index contributed by atoms with van der Waals surface area (Å²) < 4.78 is 5.26. The van der Waals surface area contributed by atoms with E-state index in [1.54, 1.807) is 7.11 Å². The van der Waals surface area contributed by atoms with Gasteiger partial charge in [-0.2, -0.15) is 0 Å². The number of piperidine rings is 1. The van der Waals surface area contributed by atoms with Crippen LogP contribution in [0.4, 0.5) is 0 Å². The first-order chi connectivity index (χ1) is 9.60. The number of hydrogen-bond acceptors (Lipinski definition) is 2. The normalized spacial score (nSPS) is 18.9. The van der Waals surface area contributed by atoms with Gasteiger partial charge in [-0.05, 0) is 49.3 Å². The number of rotatable bonds is 4. The van der Waals surface area contributed by atoms with Crippen molar-refractivity contribution < 1.29 is 9.53 Å². The standard InChI is InChI=1S/C17H25NO2/c1-13-5-4-10-18(12-13)17(19)9-7-15-6-8-16(20-3)14(2)11-15/h6,8,11,13H,4-5,7,9-10,12H2,1-3H3. The summed E-state index contributed by atoms with van der Waals surface area (Å²) in [6.07, 6.45) is 3.82. The predicted octanol–water partition coefficient (Wildman–Crippen LogP) is 3.19. The third-order valence-electron chi connectivity index (χ3n) is 4.10. The molecule has 3 nitrogen and oxygen atoms in total. The number of nitrogens with zero attached hydrogens (tertiary/aromatic N) is 1. The van der Waals surface area contributed by atoms with Gasteiger partial charge >= 0.3 is 0 Å². The van der Waals surface area contributed by atoms with Gasteiger partial charge in [0.05, 0.1) is 7.11 Å². The summed E-state index contributed by atoms with van der Waals surface area (Å²) in [6.45, 7) is 6.13. The van der Waals surface area contributed by atoms with E-state index < -0.39 is 0 Å². The van der Waals surface area contributed by atoms with Gasteiger partial charge in [-0.3, -0.25) is 4.79 Å². The van der Waals surface area contributed by atoms with Crippen molar-refractivity contribution in [2.24, 2.45) is 5.92 Å². The van der Waals surface area contributed by atoms with Gasteiger partial charge in [0.1, 0.15) is 5.75 Å². The number of likely N-dealkylation sites (tertiary alicyclic amines) is 1. The van der Waals surface area contributed by atoms with E-state index in [0.29, 0.717) is 18.2 Å². The molecule has 1 aliphatic rings. The molecular formula is C17H25NO2. The van der Waals surface area contributed by atoms with Crippen LogP contribution < -0.4 is 4.74 Å². The zero-order chi connectivity index (χ0) is 14.5. The van der Waals surface area contributed by atoms with Crippen molar-refractivity contribution in [2.75, 3.05) is 20.2 Å². The summed E-state index contributed by atoms with van der Waals surface area (Å²) in [6, 6.07) is 6.15. The van der Waals surface area contributed by atoms with Crippen molar-refractivity contribution >= 4 is 5.91 Å². The molecule has 1 heterocycles. The van der Waals surface area contributed by atoms with E-state index in [2.05, 4.69) is 19.1 Å². The van der Waals surface area contributed by atoms with Crippen LogP contribution in [0.3, 0.4) is 0 Å². The van der Waals surface area contributed by atoms with Gasteiger partial charge in [0, 0.05) is 19.5 Å². The van der Waals surface area contributed by atoms with Gasteiger partial charge in [0.15, 0.2) is 0 Å². The van der Waals surface area contributed by atoms with Crippen LogP contribution in [0.1, 0.15) is 37.3 Å². The fraction of sp³-hybridized carbons (Fsp3) is 0.588. The smallest absolute Gasteiger partial charge is 0.222 e. The van der Waals surface area contributed by atoms with Crippen LogP contribution in [-0.4, -0.2) is 31.0 Å². The second kappa shape index (κ2) is 6.78. The summed E-state index contributed by atoms with van der Waals surface area (Å²) in [5.41, 5.74) is 2.34. The Morgan fingerprint density at radius 1 is 1.45 bits per heavy atom. The average Bonchev–Trinajstić information content (AvgIpc) is 2.45. The van der Waals surface area contributed by atoms with E-state index in [1.807, 2.05) is 17.9 Å². The minimum absolute atomic E-state index is 0.296. The molecule has 0 radical (unpaired) electrons. The van der Waals surface area contributed by atoms with Crippen LogP contribution in [0, 0.1) is 12.8 Å². The van der Waals surface area contributed by atoms with Crippen molar-refractivity contribution in [3.8, 4) is 5.75 Å². The van der Waals surface area contributed by atoms with Gasteiger partial charge in [-0.15, -0.1) is 0 Å². The summed E-state index contributed by atoms with van der Waals surface area (Å²) in [4.78, 5) is 14.3. The molecule has 1 saturated heterocycles.